The van der Waals surface area contributed by atoms with Gasteiger partial charge in [0, 0.05) is 24.3 Å². The third-order valence-electron chi connectivity index (χ3n) is 2.71. The minimum atomic E-state index is 0.0359. The largest absolute Gasteiger partial charge is 0.293 e. The Bertz CT molecular complexity index is 342. The van der Waals surface area contributed by atoms with Crippen molar-refractivity contribution in [1.29, 1.82) is 0 Å². The molecule has 1 fully saturated rings. The second-order valence-corrected chi connectivity index (χ2v) is 5.44. The summed E-state index contributed by atoms with van der Waals surface area (Å²) in [5.74, 6) is 1.31. The SMILES string of the molecule is CC(=O)c1cc(CC2CCCCS2)[nH]n1. The number of thioether (sulfide) groups is 1. The molecule has 3 nitrogen and oxygen atoms in total. The van der Waals surface area contributed by atoms with Crippen molar-refractivity contribution in [1.82, 2.24) is 10.2 Å². The molecule has 0 bridgehead atoms. The Morgan fingerprint density at radius 3 is 3.13 bits per heavy atom. The first kappa shape index (κ1) is 10.7. The van der Waals surface area contributed by atoms with Gasteiger partial charge in [-0.05, 0) is 24.7 Å². The van der Waals surface area contributed by atoms with Crippen molar-refractivity contribution in [3.63, 3.8) is 0 Å². The number of ketones is 1. The van der Waals surface area contributed by atoms with E-state index in [9.17, 15) is 4.79 Å². The van der Waals surface area contributed by atoms with Crippen LogP contribution in [0.2, 0.25) is 0 Å². The number of aromatic nitrogens is 2. The fourth-order valence-electron chi connectivity index (χ4n) is 1.86. The van der Waals surface area contributed by atoms with Crippen molar-refractivity contribution in [2.24, 2.45) is 0 Å². The van der Waals surface area contributed by atoms with Crippen LogP contribution < -0.4 is 0 Å². The van der Waals surface area contributed by atoms with E-state index in [-0.39, 0.29) is 5.78 Å². The smallest absolute Gasteiger partial charge is 0.179 e. The van der Waals surface area contributed by atoms with E-state index in [0.717, 1.165) is 12.1 Å². The second kappa shape index (κ2) is 4.84. The summed E-state index contributed by atoms with van der Waals surface area (Å²) in [6.07, 6.45) is 5.00. The van der Waals surface area contributed by atoms with Crippen molar-refractivity contribution in [3.8, 4) is 0 Å². The minimum absolute atomic E-state index is 0.0359. The summed E-state index contributed by atoms with van der Waals surface area (Å²) in [4.78, 5) is 11.1. The van der Waals surface area contributed by atoms with E-state index in [1.54, 1.807) is 6.92 Å². The van der Waals surface area contributed by atoms with Gasteiger partial charge in [0.15, 0.2) is 5.78 Å². The van der Waals surface area contributed by atoms with Crippen LogP contribution in [0.25, 0.3) is 0 Å². The standard InChI is InChI=1S/C11H16N2OS/c1-8(14)11-7-9(12-13-11)6-10-4-2-3-5-15-10/h7,10H,2-6H2,1H3,(H,12,13). The lowest BCUT2D eigenvalue weighted by Crippen LogP contribution is -2.12. The molecule has 0 aliphatic carbocycles. The van der Waals surface area contributed by atoms with E-state index in [4.69, 9.17) is 0 Å². The van der Waals surface area contributed by atoms with Gasteiger partial charge in [0.05, 0.1) is 0 Å². The highest BCUT2D eigenvalue weighted by Gasteiger charge is 2.16. The van der Waals surface area contributed by atoms with Gasteiger partial charge in [-0.1, -0.05) is 6.42 Å². The molecule has 0 amide bonds. The van der Waals surface area contributed by atoms with Crippen LogP contribution in [-0.4, -0.2) is 27.0 Å². The lowest BCUT2D eigenvalue weighted by atomic mass is 10.1. The van der Waals surface area contributed by atoms with Crippen LogP contribution in [0.5, 0.6) is 0 Å². The Kier molecular flexibility index (Phi) is 3.46. The first-order chi connectivity index (χ1) is 7.25. The van der Waals surface area contributed by atoms with E-state index in [0.29, 0.717) is 10.9 Å². The van der Waals surface area contributed by atoms with E-state index in [1.165, 1.54) is 25.0 Å². The van der Waals surface area contributed by atoms with Gasteiger partial charge in [-0.25, -0.2) is 0 Å². The third kappa shape index (κ3) is 2.84. The van der Waals surface area contributed by atoms with Crippen LogP contribution in [-0.2, 0) is 6.42 Å². The molecular weight excluding hydrogens is 208 g/mol. The number of nitrogens with one attached hydrogen (secondary N) is 1. The first-order valence-corrected chi connectivity index (χ1v) is 6.47. The molecular formula is C11H16N2OS. The molecule has 2 rings (SSSR count). The fourth-order valence-corrected chi connectivity index (χ4v) is 3.20. The molecule has 1 unspecified atom stereocenters. The fraction of sp³-hybridized carbons (Fsp3) is 0.636. The number of hydrogen-bond acceptors (Lipinski definition) is 3. The highest BCUT2D eigenvalue weighted by atomic mass is 32.2. The molecule has 0 aromatic carbocycles. The molecule has 1 aliphatic rings. The predicted molar refractivity (Wildman–Crippen MR) is 62.4 cm³/mol. The molecule has 1 aliphatic heterocycles. The maximum atomic E-state index is 11.1. The van der Waals surface area contributed by atoms with Gasteiger partial charge in [-0.3, -0.25) is 9.89 Å². The van der Waals surface area contributed by atoms with Gasteiger partial charge < -0.3 is 0 Å². The summed E-state index contributed by atoms with van der Waals surface area (Å²) in [7, 11) is 0. The van der Waals surface area contributed by atoms with Gasteiger partial charge in [0.25, 0.3) is 0 Å². The topological polar surface area (TPSA) is 45.8 Å². The minimum Gasteiger partial charge on any atom is -0.293 e. The van der Waals surface area contributed by atoms with Crippen molar-refractivity contribution < 1.29 is 4.79 Å². The van der Waals surface area contributed by atoms with Gasteiger partial charge in [-0.15, -0.1) is 0 Å². The van der Waals surface area contributed by atoms with Gasteiger partial charge >= 0.3 is 0 Å². The van der Waals surface area contributed by atoms with E-state index in [1.807, 2.05) is 17.8 Å². The molecule has 82 valence electrons. The number of carbonyl (C=O) groups is 1. The zero-order valence-electron chi connectivity index (χ0n) is 8.95. The van der Waals surface area contributed by atoms with E-state index < -0.39 is 0 Å². The Balaban J connectivity index is 1.94. The van der Waals surface area contributed by atoms with Crippen LogP contribution in [0.1, 0.15) is 42.4 Å². The molecule has 1 N–H and O–H groups in total. The molecule has 1 aromatic rings. The number of hydrogen-bond donors (Lipinski definition) is 1. The Hall–Kier alpha value is -0.770. The number of aromatic amines is 1. The quantitative estimate of drug-likeness (QED) is 0.802. The number of H-pyrrole nitrogens is 1. The molecule has 0 saturated carbocycles. The molecule has 4 heteroatoms. The zero-order chi connectivity index (χ0) is 10.7. The number of rotatable bonds is 3. The highest BCUT2D eigenvalue weighted by Crippen LogP contribution is 2.27. The normalized spacial score (nSPS) is 21.5. The summed E-state index contributed by atoms with van der Waals surface area (Å²) in [5, 5.41) is 7.66. The average Bonchev–Trinajstić information content (AvgIpc) is 2.68. The Morgan fingerprint density at radius 2 is 2.53 bits per heavy atom. The Labute approximate surface area is 94.0 Å². The predicted octanol–water partition coefficient (Wildman–Crippen LogP) is 2.44. The van der Waals surface area contributed by atoms with Crippen molar-refractivity contribution in [2.75, 3.05) is 5.75 Å². The molecule has 1 aromatic heterocycles. The average molecular weight is 224 g/mol. The van der Waals surface area contributed by atoms with Crippen molar-refractivity contribution in [3.05, 3.63) is 17.5 Å². The summed E-state index contributed by atoms with van der Waals surface area (Å²) in [5.41, 5.74) is 1.66. The summed E-state index contributed by atoms with van der Waals surface area (Å²) in [6, 6.07) is 1.89. The lowest BCUT2D eigenvalue weighted by molar-refractivity contribution is 0.101. The maximum absolute atomic E-state index is 11.1. The summed E-state index contributed by atoms with van der Waals surface area (Å²) >= 11 is 2.04. The molecule has 1 atom stereocenters. The van der Waals surface area contributed by atoms with Gasteiger partial charge in [-0.2, -0.15) is 16.9 Å². The monoisotopic (exact) mass is 224 g/mol. The van der Waals surface area contributed by atoms with Crippen molar-refractivity contribution >= 4 is 17.5 Å². The number of carbonyl (C=O) groups excluding carboxylic acids is 1. The number of nitrogens with zero attached hydrogens (tertiary/aromatic N) is 1. The number of Topliss-reactive ketones (excluding diaryl/α,β-unsaturated/α-hetero) is 1. The summed E-state index contributed by atoms with van der Waals surface area (Å²) in [6.45, 7) is 1.55. The van der Waals surface area contributed by atoms with Crippen LogP contribution in [0.4, 0.5) is 0 Å². The molecule has 0 spiro atoms. The summed E-state index contributed by atoms with van der Waals surface area (Å²) < 4.78 is 0. The van der Waals surface area contributed by atoms with Gasteiger partial charge in [0.1, 0.15) is 5.69 Å². The van der Waals surface area contributed by atoms with Crippen LogP contribution in [0, 0.1) is 0 Å². The molecule has 0 radical (unpaired) electrons. The van der Waals surface area contributed by atoms with Crippen LogP contribution in [0.15, 0.2) is 6.07 Å². The third-order valence-corrected chi connectivity index (χ3v) is 4.11. The van der Waals surface area contributed by atoms with E-state index >= 15 is 0 Å². The lowest BCUT2D eigenvalue weighted by Gasteiger charge is -2.20. The molecule has 1 saturated heterocycles. The van der Waals surface area contributed by atoms with Crippen LogP contribution in [0.3, 0.4) is 0 Å². The second-order valence-electron chi connectivity index (χ2n) is 4.03. The van der Waals surface area contributed by atoms with Gasteiger partial charge in [0.2, 0.25) is 0 Å². The zero-order valence-corrected chi connectivity index (χ0v) is 9.77. The first-order valence-electron chi connectivity index (χ1n) is 5.42. The van der Waals surface area contributed by atoms with E-state index in [2.05, 4.69) is 10.2 Å². The Morgan fingerprint density at radius 1 is 1.67 bits per heavy atom. The molecule has 2 heterocycles. The molecule has 15 heavy (non-hydrogen) atoms. The van der Waals surface area contributed by atoms with Crippen molar-refractivity contribution in [2.45, 2.75) is 37.9 Å². The maximum Gasteiger partial charge on any atom is 0.179 e. The highest BCUT2D eigenvalue weighted by molar-refractivity contribution is 7.99. The van der Waals surface area contributed by atoms with Crippen LogP contribution >= 0.6 is 11.8 Å².